The zero-order valence-electron chi connectivity index (χ0n) is 10.2. The van der Waals surface area contributed by atoms with E-state index in [0.29, 0.717) is 0 Å². The number of carbonyl (C=O) groups excluding carboxylic acids is 1. The monoisotopic (exact) mass is 264 g/mol. The quantitative estimate of drug-likeness (QED) is 0.615. The highest BCUT2D eigenvalue weighted by atomic mass is 32.1. The molecule has 3 rings (SSSR count). The minimum atomic E-state index is 0.760. The van der Waals surface area contributed by atoms with Crippen LogP contribution in [0.3, 0.4) is 0 Å². The minimum Gasteiger partial charge on any atom is -0.298 e. The van der Waals surface area contributed by atoms with Crippen LogP contribution < -0.4 is 0 Å². The summed E-state index contributed by atoms with van der Waals surface area (Å²) in [6, 6.07) is 20.1. The zero-order valence-corrected chi connectivity index (χ0v) is 11.1. The van der Waals surface area contributed by atoms with Crippen molar-refractivity contribution in [1.29, 1.82) is 0 Å². The van der Waals surface area contributed by atoms with E-state index in [0.717, 1.165) is 33.4 Å². The minimum absolute atomic E-state index is 0.760. The molecule has 1 aromatic heterocycles. The van der Waals surface area contributed by atoms with Gasteiger partial charge in [-0.25, -0.2) is 0 Å². The topological polar surface area (TPSA) is 17.1 Å². The van der Waals surface area contributed by atoms with E-state index in [2.05, 4.69) is 0 Å². The van der Waals surface area contributed by atoms with E-state index in [9.17, 15) is 4.79 Å². The van der Waals surface area contributed by atoms with Crippen LogP contribution in [-0.2, 0) is 0 Å². The van der Waals surface area contributed by atoms with Gasteiger partial charge in [0, 0.05) is 16.0 Å². The third kappa shape index (κ3) is 2.23. The summed E-state index contributed by atoms with van der Waals surface area (Å²) >= 11 is 1.65. The Morgan fingerprint density at radius 1 is 0.789 bits per heavy atom. The fourth-order valence-corrected chi connectivity index (χ4v) is 2.97. The Morgan fingerprint density at radius 3 is 2.26 bits per heavy atom. The Labute approximate surface area is 116 Å². The molecule has 3 aromatic rings. The Balaban J connectivity index is 2.22. The van der Waals surface area contributed by atoms with Gasteiger partial charge >= 0.3 is 0 Å². The maximum absolute atomic E-state index is 11.5. The van der Waals surface area contributed by atoms with Crippen LogP contribution in [0.4, 0.5) is 0 Å². The fraction of sp³-hybridized carbons (Fsp3) is 0. The number of benzene rings is 2. The molecule has 0 fully saturated rings. The molecule has 0 saturated carbocycles. The van der Waals surface area contributed by atoms with Crippen LogP contribution in [0.25, 0.3) is 21.6 Å². The Bertz CT molecular complexity index is 685. The molecule has 0 radical (unpaired) electrons. The summed E-state index contributed by atoms with van der Waals surface area (Å²) < 4.78 is 0. The molecule has 0 saturated heterocycles. The van der Waals surface area contributed by atoms with Crippen molar-refractivity contribution in [3.63, 3.8) is 0 Å². The fourth-order valence-electron chi connectivity index (χ4n) is 2.21. The van der Waals surface area contributed by atoms with Gasteiger partial charge in [-0.15, -0.1) is 11.3 Å². The van der Waals surface area contributed by atoms with Gasteiger partial charge in [-0.2, -0.15) is 0 Å². The molecule has 0 amide bonds. The molecule has 0 spiro atoms. The van der Waals surface area contributed by atoms with E-state index in [1.807, 2.05) is 66.0 Å². The molecule has 0 bridgehead atoms. The smallest absolute Gasteiger partial charge is 0.151 e. The lowest BCUT2D eigenvalue weighted by Gasteiger charge is -2.09. The van der Waals surface area contributed by atoms with E-state index >= 15 is 0 Å². The highest BCUT2D eigenvalue weighted by molar-refractivity contribution is 7.13. The Hall–Kier alpha value is -2.19. The third-order valence-electron chi connectivity index (χ3n) is 3.10. The van der Waals surface area contributed by atoms with Gasteiger partial charge in [0.1, 0.15) is 0 Å². The lowest BCUT2D eigenvalue weighted by Crippen LogP contribution is -1.91. The first kappa shape index (κ1) is 11.9. The molecule has 0 atom stereocenters. The van der Waals surface area contributed by atoms with Gasteiger partial charge in [0.05, 0.1) is 0 Å². The first-order chi connectivity index (χ1) is 9.40. The lowest BCUT2D eigenvalue weighted by molar-refractivity contribution is 0.112. The molecule has 0 N–H and O–H groups in total. The molecule has 0 unspecified atom stereocenters. The summed E-state index contributed by atoms with van der Waals surface area (Å²) in [4.78, 5) is 12.6. The van der Waals surface area contributed by atoms with Crippen LogP contribution in [0.5, 0.6) is 0 Å². The summed E-state index contributed by atoms with van der Waals surface area (Å²) in [6.07, 6.45) is 0.956. The molecule has 1 heterocycles. The van der Waals surface area contributed by atoms with E-state index in [-0.39, 0.29) is 0 Å². The molecule has 2 aromatic carbocycles. The van der Waals surface area contributed by atoms with E-state index in [4.69, 9.17) is 0 Å². The van der Waals surface area contributed by atoms with Crippen LogP contribution in [0, 0.1) is 0 Å². The number of carbonyl (C=O) groups is 1. The van der Waals surface area contributed by atoms with Gasteiger partial charge in [0.15, 0.2) is 6.29 Å². The highest BCUT2D eigenvalue weighted by Gasteiger charge is 2.11. The predicted octanol–water partition coefficient (Wildman–Crippen LogP) is 4.89. The summed E-state index contributed by atoms with van der Waals surface area (Å²) in [5.41, 5.74) is 3.83. The van der Waals surface area contributed by atoms with Crippen molar-refractivity contribution in [3.8, 4) is 21.6 Å². The van der Waals surface area contributed by atoms with Crippen molar-refractivity contribution >= 4 is 17.6 Å². The SMILES string of the molecule is O=Cc1c(-c2ccccc2)cccc1-c1cccs1. The van der Waals surface area contributed by atoms with Crippen molar-refractivity contribution in [2.24, 2.45) is 0 Å². The van der Waals surface area contributed by atoms with Crippen molar-refractivity contribution in [3.05, 3.63) is 71.6 Å². The lowest BCUT2D eigenvalue weighted by atomic mass is 9.95. The first-order valence-corrected chi connectivity index (χ1v) is 6.95. The maximum Gasteiger partial charge on any atom is 0.151 e. The summed E-state index contributed by atoms with van der Waals surface area (Å²) in [5.74, 6) is 0. The number of hydrogen-bond acceptors (Lipinski definition) is 2. The van der Waals surface area contributed by atoms with Crippen LogP contribution in [0.2, 0.25) is 0 Å². The molecule has 1 nitrogen and oxygen atoms in total. The van der Waals surface area contributed by atoms with Crippen LogP contribution in [0.1, 0.15) is 10.4 Å². The predicted molar refractivity (Wildman–Crippen MR) is 80.6 cm³/mol. The molecule has 0 aliphatic rings. The van der Waals surface area contributed by atoms with Gasteiger partial charge in [-0.1, -0.05) is 54.6 Å². The molecular formula is C17H12OS. The summed E-state index contributed by atoms with van der Waals surface area (Å²) in [7, 11) is 0. The van der Waals surface area contributed by atoms with Gasteiger partial charge in [-0.3, -0.25) is 4.79 Å². The second-order valence-corrected chi connectivity index (χ2v) is 5.18. The summed E-state index contributed by atoms with van der Waals surface area (Å²) in [6.45, 7) is 0. The number of thiophene rings is 1. The van der Waals surface area contributed by atoms with Gasteiger partial charge in [0.25, 0.3) is 0 Å². The maximum atomic E-state index is 11.5. The second kappa shape index (κ2) is 5.21. The third-order valence-corrected chi connectivity index (χ3v) is 4.00. The number of hydrogen-bond donors (Lipinski definition) is 0. The van der Waals surface area contributed by atoms with Gasteiger partial charge in [0.2, 0.25) is 0 Å². The summed E-state index contributed by atoms with van der Waals surface area (Å²) in [5, 5.41) is 2.03. The van der Waals surface area contributed by atoms with E-state index in [1.54, 1.807) is 11.3 Å². The van der Waals surface area contributed by atoms with Crippen molar-refractivity contribution in [1.82, 2.24) is 0 Å². The normalized spacial score (nSPS) is 10.3. The van der Waals surface area contributed by atoms with E-state index in [1.165, 1.54) is 0 Å². The van der Waals surface area contributed by atoms with E-state index < -0.39 is 0 Å². The van der Waals surface area contributed by atoms with Crippen molar-refractivity contribution < 1.29 is 4.79 Å². The largest absolute Gasteiger partial charge is 0.298 e. The highest BCUT2D eigenvalue weighted by Crippen LogP contribution is 2.33. The Morgan fingerprint density at radius 2 is 1.58 bits per heavy atom. The average molecular weight is 264 g/mol. The molecular weight excluding hydrogens is 252 g/mol. The van der Waals surface area contributed by atoms with Crippen LogP contribution in [0.15, 0.2) is 66.0 Å². The molecule has 2 heteroatoms. The van der Waals surface area contributed by atoms with Gasteiger partial charge in [-0.05, 0) is 22.6 Å². The van der Waals surface area contributed by atoms with Crippen molar-refractivity contribution in [2.75, 3.05) is 0 Å². The number of aldehydes is 1. The van der Waals surface area contributed by atoms with Crippen LogP contribution in [-0.4, -0.2) is 6.29 Å². The average Bonchev–Trinajstić information content (AvgIpc) is 3.01. The van der Waals surface area contributed by atoms with Crippen LogP contribution >= 0.6 is 11.3 Å². The molecule has 92 valence electrons. The zero-order chi connectivity index (χ0) is 13.1. The number of rotatable bonds is 3. The Kier molecular flexibility index (Phi) is 3.25. The first-order valence-electron chi connectivity index (χ1n) is 6.07. The van der Waals surface area contributed by atoms with Crippen molar-refractivity contribution in [2.45, 2.75) is 0 Å². The standard InChI is InChI=1S/C17H12OS/c18-12-16-14(13-6-2-1-3-7-13)8-4-9-15(16)17-10-5-11-19-17/h1-12H. The molecule has 0 aliphatic heterocycles. The molecule has 19 heavy (non-hydrogen) atoms. The van der Waals surface area contributed by atoms with Gasteiger partial charge < -0.3 is 0 Å². The molecule has 0 aliphatic carbocycles. The second-order valence-electron chi connectivity index (χ2n) is 4.23.